The number of cyclic esters (lactones) is 1. The normalized spacial score (nSPS) is 33.9. The lowest BCUT2D eigenvalue weighted by atomic mass is 9.63. The van der Waals surface area contributed by atoms with Crippen molar-refractivity contribution in [1.29, 1.82) is 0 Å². The largest absolute Gasteiger partial charge is 0.462 e. The van der Waals surface area contributed by atoms with Gasteiger partial charge in [-0.3, -0.25) is 4.79 Å². The van der Waals surface area contributed by atoms with Crippen LogP contribution in [0.3, 0.4) is 0 Å². The first-order valence-corrected chi connectivity index (χ1v) is 17.2. The van der Waals surface area contributed by atoms with Crippen molar-refractivity contribution in [2.75, 3.05) is 0 Å². The number of epoxide rings is 1. The van der Waals surface area contributed by atoms with Crippen molar-refractivity contribution in [2.45, 2.75) is 124 Å². The SMILES string of the molecule is CC(=O)O[C@H]1CC(C)(C)C(=C=C/C(C)=C/C=C/C(C)=C/C=C/C=C(C)/C=C2C=C(/C=C/[C@@]34O[C@]3(C)C[C@@H](O)CC4(C)C)C(=O)O/2)[C@](C)(O)C1. The summed E-state index contributed by atoms with van der Waals surface area (Å²) in [7, 11) is 0. The average molecular weight is 671 g/mol. The van der Waals surface area contributed by atoms with Crippen molar-refractivity contribution in [3.05, 3.63) is 112 Å². The minimum Gasteiger partial charge on any atom is -0.462 e. The molecule has 49 heavy (non-hydrogen) atoms. The van der Waals surface area contributed by atoms with Gasteiger partial charge in [0.05, 0.1) is 17.3 Å². The lowest BCUT2D eigenvalue weighted by Crippen LogP contribution is -2.46. The van der Waals surface area contributed by atoms with Crippen LogP contribution in [0.2, 0.25) is 0 Å². The quantitative estimate of drug-likeness (QED) is 0.110. The molecule has 0 aromatic rings. The van der Waals surface area contributed by atoms with Gasteiger partial charge in [0.15, 0.2) is 0 Å². The Hall–Kier alpha value is -3.74. The number of carbonyl (C=O) groups is 2. The molecular formula is C42H54O7. The number of ether oxygens (including phenoxy) is 3. The number of allylic oxidation sites excluding steroid dienone is 12. The number of aliphatic hydroxyl groups excluding tert-OH is 1. The summed E-state index contributed by atoms with van der Waals surface area (Å²) in [6, 6.07) is 0. The van der Waals surface area contributed by atoms with E-state index in [1.807, 2.05) is 102 Å². The highest BCUT2D eigenvalue weighted by atomic mass is 16.6. The zero-order chi connectivity index (χ0) is 36.4. The fourth-order valence-corrected chi connectivity index (χ4v) is 7.89. The molecule has 0 aromatic carbocycles. The van der Waals surface area contributed by atoms with Crippen molar-refractivity contribution in [3.8, 4) is 0 Å². The van der Waals surface area contributed by atoms with E-state index in [-0.39, 0.29) is 35.0 Å². The Morgan fingerprint density at radius 3 is 2.20 bits per heavy atom. The Bertz CT molecular complexity index is 1640. The standard InChI is InChI=1S/C42H54O7/c1-28(16-13-17-29(2)18-19-36-38(5,6)26-35(47-31(4)43)27-40(36,9)46)14-11-12-15-30(3)22-34-23-32(37(45)48-34)20-21-42-39(7,8)24-33(44)25-41(42,10)49-42/h11-18,20-23,33,35,44,46H,24-27H2,1-10H3/b12-11+,16-13+,21-20+,28-14+,29-17+,30-15+,34-22-/t19?,33-,35-,40+,41+,42-/m0/s1. The van der Waals surface area contributed by atoms with Crippen LogP contribution in [0.15, 0.2) is 112 Å². The predicted octanol–water partition coefficient (Wildman–Crippen LogP) is 8.15. The zero-order valence-corrected chi connectivity index (χ0v) is 30.8. The van der Waals surface area contributed by atoms with Crippen molar-refractivity contribution in [2.24, 2.45) is 10.8 Å². The highest BCUT2D eigenvalue weighted by molar-refractivity contribution is 5.95. The number of hydrogen-bond donors (Lipinski definition) is 2. The van der Waals surface area contributed by atoms with Gasteiger partial charge in [-0.25, -0.2) is 4.79 Å². The zero-order valence-electron chi connectivity index (χ0n) is 30.8. The van der Waals surface area contributed by atoms with Crippen LogP contribution in [0.1, 0.15) is 94.9 Å². The smallest absolute Gasteiger partial charge is 0.343 e. The van der Waals surface area contributed by atoms with Gasteiger partial charge in [0.2, 0.25) is 0 Å². The van der Waals surface area contributed by atoms with Gasteiger partial charge in [-0.1, -0.05) is 75.8 Å². The Kier molecular flexibility index (Phi) is 11.1. The molecule has 0 amide bonds. The van der Waals surface area contributed by atoms with Crippen LogP contribution in [0, 0.1) is 10.8 Å². The highest BCUT2D eigenvalue weighted by Crippen LogP contribution is 2.66. The molecule has 0 unspecified atom stereocenters. The molecule has 3 fully saturated rings. The van der Waals surface area contributed by atoms with Gasteiger partial charge < -0.3 is 24.4 Å². The van der Waals surface area contributed by atoms with Gasteiger partial charge in [0.25, 0.3) is 0 Å². The number of hydrogen-bond acceptors (Lipinski definition) is 7. The number of rotatable bonds is 9. The third-order valence-electron chi connectivity index (χ3n) is 10.0. The molecule has 4 rings (SSSR count). The van der Waals surface area contributed by atoms with E-state index in [1.165, 1.54) is 6.92 Å². The monoisotopic (exact) mass is 670 g/mol. The summed E-state index contributed by atoms with van der Waals surface area (Å²) in [6.45, 7) is 19.4. The topological polar surface area (TPSA) is 106 Å². The van der Waals surface area contributed by atoms with E-state index in [1.54, 1.807) is 19.1 Å². The summed E-state index contributed by atoms with van der Waals surface area (Å²) < 4.78 is 17.1. The molecule has 7 heteroatoms. The molecule has 2 saturated carbocycles. The second kappa shape index (κ2) is 14.2. The maximum atomic E-state index is 12.6. The summed E-state index contributed by atoms with van der Waals surface area (Å²) in [5.41, 5.74) is 4.94. The first-order chi connectivity index (χ1) is 22.7. The number of aliphatic hydroxyl groups is 2. The van der Waals surface area contributed by atoms with Gasteiger partial charge in [0, 0.05) is 30.8 Å². The van der Waals surface area contributed by atoms with E-state index < -0.39 is 16.8 Å². The molecular weight excluding hydrogens is 616 g/mol. The fourth-order valence-electron chi connectivity index (χ4n) is 7.89. The molecule has 0 radical (unpaired) electrons. The van der Waals surface area contributed by atoms with Crippen LogP contribution < -0.4 is 0 Å². The molecule has 1 saturated heterocycles. The van der Waals surface area contributed by atoms with Crippen LogP contribution in [-0.2, 0) is 23.8 Å². The van der Waals surface area contributed by atoms with Gasteiger partial charge in [0.1, 0.15) is 23.1 Å². The van der Waals surface area contributed by atoms with Crippen LogP contribution >= 0.6 is 0 Å². The van der Waals surface area contributed by atoms with Crippen LogP contribution in [0.4, 0.5) is 0 Å². The van der Waals surface area contributed by atoms with Crippen molar-refractivity contribution in [3.63, 3.8) is 0 Å². The van der Waals surface area contributed by atoms with E-state index >= 15 is 0 Å². The van der Waals surface area contributed by atoms with Gasteiger partial charge in [-0.05, 0) is 94.4 Å². The maximum Gasteiger partial charge on any atom is 0.343 e. The van der Waals surface area contributed by atoms with Crippen LogP contribution in [0.5, 0.6) is 0 Å². The molecule has 7 nitrogen and oxygen atoms in total. The molecule has 2 N–H and O–H groups in total. The number of esters is 2. The van der Waals surface area contributed by atoms with E-state index in [2.05, 4.69) is 19.6 Å². The molecule has 0 aromatic heterocycles. The van der Waals surface area contributed by atoms with Crippen molar-refractivity contribution < 1.29 is 34.0 Å². The fraction of sp³-hybridized carbons (Fsp3) is 0.500. The van der Waals surface area contributed by atoms with Gasteiger partial charge >= 0.3 is 11.9 Å². The summed E-state index contributed by atoms with van der Waals surface area (Å²) in [5.74, 6) is -0.230. The van der Waals surface area contributed by atoms with Crippen molar-refractivity contribution in [1.82, 2.24) is 0 Å². The third kappa shape index (κ3) is 8.90. The van der Waals surface area contributed by atoms with E-state index in [9.17, 15) is 19.8 Å². The van der Waals surface area contributed by atoms with E-state index in [4.69, 9.17) is 14.2 Å². The number of carbonyl (C=O) groups excluding carboxylic acids is 2. The molecule has 264 valence electrons. The molecule has 2 aliphatic heterocycles. The summed E-state index contributed by atoms with van der Waals surface area (Å²) in [6.07, 6.45) is 24.6. The average Bonchev–Trinajstić information content (AvgIpc) is 3.41. The lowest BCUT2D eigenvalue weighted by molar-refractivity contribution is -0.152. The van der Waals surface area contributed by atoms with Crippen LogP contribution in [0.25, 0.3) is 0 Å². The molecule has 0 bridgehead atoms. The van der Waals surface area contributed by atoms with Gasteiger partial charge in [-0.2, -0.15) is 0 Å². The third-order valence-corrected chi connectivity index (χ3v) is 10.0. The first-order valence-electron chi connectivity index (χ1n) is 17.2. The Labute approximate surface area is 292 Å². The second-order valence-electron chi connectivity index (χ2n) is 15.8. The maximum absolute atomic E-state index is 12.6. The molecule has 2 heterocycles. The molecule has 4 aliphatic rings. The summed E-state index contributed by atoms with van der Waals surface area (Å²) >= 11 is 0. The van der Waals surface area contributed by atoms with Crippen LogP contribution in [-0.4, -0.2) is 51.2 Å². The summed E-state index contributed by atoms with van der Waals surface area (Å²) in [5, 5.41) is 21.4. The van der Waals surface area contributed by atoms with Crippen molar-refractivity contribution >= 4 is 11.9 Å². The number of fused-ring (bicyclic) bond motifs is 1. The Morgan fingerprint density at radius 1 is 0.918 bits per heavy atom. The molecule has 5 atom stereocenters. The summed E-state index contributed by atoms with van der Waals surface area (Å²) in [4.78, 5) is 24.0. The Morgan fingerprint density at radius 2 is 1.57 bits per heavy atom. The molecule has 2 aliphatic carbocycles. The second-order valence-corrected chi connectivity index (χ2v) is 15.8. The predicted molar refractivity (Wildman–Crippen MR) is 193 cm³/mol. The van der Waals surface area contributed by atoms with Gasteiger partial charge in [-0.15, -0.1) is 5.73 Å². The minimum atomic E-state index is -1.12. The van der Waals surface area contributed by atoms with E-state index in [0.717, 1.165) is 22.3 Å². The first kappa shape index (κ1) is 38.1. The lowest BCUT2D eigenvalue weighted by Gasteiger charge is -2.44. The Balaban J connectivity index is 1.34. The highest BCUT2D eigenvalue weighted by Gasteiger charge is 2.74. The molecule has 0 spiro atoms. The van der Waals surface area contributed by atoms with E-state index in [0.29, 0.717) is 37.0 Å². The minimum absolute atomic E-state index is 0.256.